The topological polar surface area (TPSA) is 72.9 Å². The molecule has 0 aliphatic carbocycles. The van der Waals surface area contributed by atoms with Crippen molar-refractivity contribution in [3.8, 4) is 0 Å². The van der Waals surface area contributed by atoms with Gasteiger partial charge in [-0.15, -0.1) is 12.4 Å². The summed E-state index contributed by atoms with van der Waals surface area (Å²) in [6, 6.07) is -0.501. The van der Waals surface area contributed by atoms with Gasteiger partial charge in [-0.25, -0.2) is 0 Å². The predicted octanol–water partition coefficient (Wildman–Crippen LogP) is 1.25. The highest BCUT2D eigenvalue weighted by molar-refractivity contribution is 5.94. The molecule has 0 aliphatic rings. The lowest BCUT2D eigenvalue weighted by Gasteiger charge is -2.05. The van der Waals surface area contributed by atoms with Crippen LogP contribution in [0.15, 0.2) is 12.4 Å². The van der Waals surface area contributed by atoms with E-state index in [4.69, 9.17) is 5.73 Å². The van der Waals surface area contributed by atoms with Crippen LogP contribution >= 0.6 is 12.4 Å². The second-order valence-corrected chi connectivity index (χ2v) is 4.12. The summed E-state index contributed by atoms with van der Waals surface area (Å²) >= 11 is 0. The van der Waals surface area contributed by atoms with E-state index in [-0.39, 0.29) is 18.3 Å². The molecule has 0 unspecified atom stereocenters. The molecule has 0 radical (unpaired) electrons. The lowest BCUT2D eigenvalue weighted by atomic mass is 10.2. The van der Waals surface area contributed by atoms with E-state index in [9.17, 15) is 4.79 Å². The second kappa shape index (κ2) is 6.50. The monoisotopic (exact) mass is 246 g/mol. The molecule has 3 N–H and O–H groups in total. The largest absolute Gasteiger partial charge is 0.322 e. The summed E-state index contributed by atoms with van der Waals surface area (Å²) < 4.78 is 1.81. The van der Waals surface area contributed by atoms with Crippen LogP contribution in [0.25, 0.3) is 0 Å². The number of hydrogen-bond donors (Lipinski definition) is 2. The summed E-state index contributed by atoms with van der Waals surface area (Å²) in [5, 5.41) is 6.82. The Morgan fingerprint density at radius 3 is 2.69 bits per heavy atom. The SMILES string of the molecule is CC(C)Cn1cc(NC(=O)[C@@H](C)N)cn1.Cl. The van der Waals surface area contributed by atoms with Crippen LogP contribution in [-0.2, 0) is 11.3 Å². The van der Waals surface area contributed by atoms with Gasteiger partial charge in [0.1, 0.15) is 0 Å². The number of carbonyl (C=O) groups excluding carboxylic acids is 1. The van der Waals surface area contributed by atoms with Gasteiger partial charge in [-0.3, -0.25) is 9.48 Å². The van der Waals surface area contributed by atoms with Crippen molar-refractivity contribution in [2.75, 3.05) is 5.32 Å². The fourth-order valence-electron chi connectivity index (χ4n) is 1.16. The van der Waals surface area contributed by atoms with Crippen LogP contribution in [0.3, 0.4) is 0 Å². The third-order valence-corrected chi connectivity index (χ3v) is 1.87. The summed E-state index contributed by atoms with van der Waals surface area (Å²) in [4.78, 5) is 11.3. The average Bonchev–Trinajstić information content (AvgIpc) is 2.51. The summed E-state index contributed by atoms with van der Waals surface area (Å²) in [7, 11) is 0. The van der Waals surface area contributed by atoms with Gasteiger partial charge in [-0.1, -0.05) is 13.8 Å². The van der Waals surface area contributed by atoms with E-state index >= 15 is 0 Å². The van der Waals surface area contributed by atoms with Crippen molar-refractivity contribution in [3.63, 3.8) is 0 Å². The van der Waals surface area contributed by atoms with Crippen molar-refractivity contribution < 1.29 is 4.79 Å². The molecule has 0 saturated heterocycles. The third-order valence-electron chi connectivity index (χ3n) is 1.87. The zero-order chi connectivity index (χ0) is 11.4. The highest BCUT2D eigenvalue weighted by Gasteiger charge is 2.08. The minimum atomic E-state index is -0.501. The lowest BCUT2D eigenvalue weighted by molar-refractivity contribution is -0.117. The Hall–Kier alpha value is -1.07. The van der Waals surface area contributed by atoms with Crippen LogP contribution in [0.1, 0.15) is 20.8 Å². The number of anilines is 1. The molecule has 6 heteroatoms. The minimum Gasteiger partial charge on any atom is -0.322 e. The summed E-state index contributed by atoms with van der Waals surface area (Å²) in [5.41, 5.74) is 6.12. The number of nitrogens with zero attached hydrogens (tertiary/aromatic N) is 2. The Balaban J connectivity index is 0.00000225. The van der Waals surface area contributed by atoms with Crippen LogP contribution < -0.4 is 11.1 Å². The molecule has 0 bridgehead atoms. The van der Waals surface area contributed by atoms with E-state index in [1.54, 1.807) is 19.3 Å². The molecule has 0 fully saturated rings. The molecule has 1 aromatic rings. The van der Waals surface area contributed by atoms with Gasteiger partial charge in [0.25, 0.3) is 0 Å². The maximum atomic E-state index is 11.3. The maximum Gasteiger partial charge on any atom is 0.241 e. The lowest BCUT2D eigenvalue weighted by Crippen LogP contribution is -2.32. The number of rotatable bonds is 4. The zero-order valence-corrected chi connectivity index (χ0v) is 10.6. The minimum absolute atomic E-state index is 0. The van der Waals surface area contributed by atoms with E-state index in [1.165, 1.54) is 0 Å². The number of halogens is 1. The Labute approximate surface area is 102 Å². The first-order valence-corrected chi connectivity index (χ1v) is 5.08. The van der Waals surface area contributed by atoms with Crippen LogP contribution in [-0.4, -0.2) is 21.7 Å². The Morgan fingerprint density at radius 1 is 1.56 bits per heavy atom. The fraction of sp³-hybridized carbons (Fsp3) is 0.600. The van der Waals surface area contributed by atoms with Gasteiger partial charge < -0.3 is 11.1 Å². The van der Waals surface area contributed by atoms with E-state index in [1.807, 2.05) is 4.68 Å². The maximum absolute atomic E-state index is 11.3. The standard InChI is InChI=1S/C10H18N4O.ClH/c1-7(2)5-14-6-9(4-12-14)13-10(15)8(3)11;/h4,6-8H,5,11H2,1-3H3,(H,13,15);1H/t8-;/m1./s1. The predicted molar refractivity (Wildman–Crippen MR) is 66.6 cm³/mol. The van der Waals surface area contributed by atoms with Crippen molar-refractivity contribution >= 4 is 24.0 Å². The Kier molecular flexibility index (Phi) is 6.06. The van der Waals surface area contributed by atoms with E-state index < -0.39 is 6.04 Å². The van der Waals surface area contributed by atoms with Gasteiger partial charge in [0.2, 0.25) is 5.91 Å². The van der Waals surface area contributed by atoms with Gasteiger partial charge in [0.15, 0.2) is 0 Å². The molecule has 0 saturated carbocycles. The molecule has 0 aromatic carbocycles. The van der Waals surface area contributed by atoms with Crippen molar-refractivity contribution in [1.82, 2.24) is 9.78 Å². The first-order valence-electron chi connectivity index (χ1n) is 5.08. The molecular weight excluding hydrogens is 228 g/mol. The number of amides is 1. The van der Waals surface area contributed by atoms with Crippen molar-refractivity contribution in [2.24, 2.45) is 11.7 Å². The summed E-state index contributed by atoms with van der Waals surface area (Å²) in [5.74, 6) is 0.334. The molecule has 92 valence electrons. The zero-order valence-electron chi connectivity index (χ0n) is 9.80. The second-order valence-electron chi connectivity index (χ2n) is 4.12. The van der Waals surface area contributed by atoms with E-state index in [0.29, 0.717) is 11.6 Å². The number of hydrogen-bond acceptors (Lipinski definition) is 3. The van der Waals surface area contributed by atoms with Crippen LogP contribution in [0.2, 0.25) is 0 Å². The molecule has 1 heterocycles. The van der Waals surface area contributed by atoms with Gasteiger partial charge in [-0.2, -0.15) is 5.10 Å². The quantitative estimate of drug-likeness (QED) is 0.840. The molecule has 5 nitrogen and oxygen atoms in total. The molecule has 16 heavy (non-hydrogen) atoms. The molecular formula is C10H19ClN4O. The Bertz CT molecular complexity index is 335. The Morgan fingerprint density at radius 2 is 2.19 bits per heavy atom. The van der Waals surface area contributed by atoms with Gasteiger partial charge in [0, 0.05) is 12.7 Å². The highest BCUT2D eigenvalue weighted by atomic mass is 35.5. The van der Waals surface area contributed by atoms with Gasteiger partial charge >= 0.3 is 0 Å². The molecule has 1 amide bonds. The van der Waals surface area contributed by atoms with E-state index in [2.05, 4.69) is 24.3 Å². The van der Waals surface area contributed by atoms with Crippen molar-refractivity contribution in [1.29, 1.82) is 0 Å². The number of aromatic nitrogens is 2. The molecule has 0 aliphatic heterocycles. The molecule has 1 aromatic heterocycles. The van der Waals surface area contributed by atoms with Crippen molar-refractivity contribution in [2.45, 2.75) is 33.4 Å². The van der Waals surface area contributed by atoms with Crippen LogP contribution in [0.4, 0.5) is 5.69 Å². The third kappa shape index (κ3) is 4.63. The molecule has 1 rings (SSSR count). The van der Waals surface area contributed by atoms with E-state index in [0.717, 1.165) is 6.54 Å². The summed E-state index contributed by atoms with van der Waals surface area (Å²) in [6.07, 6.45) is 3.43. The average molecular weight is 247 g/mol. The van der Waals surface area contributed by atoms with Crippen LogP contribution in [0.5, 0.6) is 0 Å². The number of carbonyl (C=O) groups is 1. The van der Waals surface area contributed by atoms with Crippen LogP contribution in [0, 0.1) is 5.92 Å². The molecule has 1 atom stereocenters. The highest BCUT2D eigenvalue weighted by Crippen LogP contribution is 2.07. The first kappa shape index (κ1) is 14.9. The number of nitrogens with one attached hydrogen (secondary N) is 1. The fourth-order valence-corrected chi connectivity index (χ4v) is 1.16. The van der Waals surface area contributed by atoms with Gasteiger partial charge in [-0.05, 0) is 12.8 Å². The van der Waals surface area contributed by atoms with Gasteiger partial charge in [0.05, 0.1) is 17.9 Å². The smallest absolute Gasteiger partial charge is 0.241 e. The first-order chi connectivity index (χ1) is 6.99. The molecule has 0 spiro atoms. The van der Waals surface area contributed by atoms with Crippen molar-refractivity contribution in [3.05, 3.63) is 12.4 Å². The summed E-state index contributed by atoms with van der Waals surface area (Å²) in [6.45, 7) is 6.71. The number of nitrogens with two attached hydrogens (primary N) is 1. The normalized spacial score (nSPS) is 12.1.